The number of carbonyl (C=O) groups is 3. The van der Waals surface area contributed by atoms with Gasteiger partial charge in [-0.15, -0.1) is 0 Å². The first-order chi connectivity index (χ1) is 21.1. The molecular formula is C29H26F7N3O6. The molecule has 0 unspecified atom stereocenters. The van der Waals surface area contributed by atoms with Crippen LogP contribution in [-0.2, 0) is 9.59 Å². The molecule has 0 bridgehead atoms. The SMILES string of the molecule is O=C(N[C@@H]1c2ccccc2[C@@H]2CN(CCOc3cccc(F)c3)C[C@H]12)c1ccncc1.O=C(O)C(F)(F)F.O=C(O)C(F)(F)F. The first kappa shape index (κ1) is 34.8. The summed E-state index contributed by atoms with van der Waals surface area (Å²) in [5, 5.41) is 17.5. The Labute approximate surface area is 251 Å². The lowest BCUT2D eigenvalue weighted by molar-refractivity contribution is -0.193. The minimum absolute atomic E-state index is 0.0176. The quantitative estimate of drug-likeness (QED) is 0.317. The third-order valence-corrected chi connectivity index (χ3v) is 6.79. The first-order valence-corrected chi connectivity index (χ1v) is 13.1. The molecule has 3 N–H and O–H groups in total. The number of hydrogen-bond acceptors (Lipinski definition) is 6. The number of aromatic nitrogens is 1. The molecule has 2 heterocycles. The highest BCUT2D eigenvalue weighted by atomic mass is 19.4. The maximum Gasteiger partial charge on any atom is 0.490 e. The molecule has 5 rings (SSSR count). The van der Waals surface area contributed by atoms with Gasteiger partial charge in [0.1, 0.15) is 18.2 Å². The molecule has 2 aromatic carbocycles. The van der Waals surface area contributed by atoms with Crippen LogP contribution in [0.25, 0.3) is 0 Å². The second kappa shape index (κ2) is 14.8. The van der Waals surface area contributed by atoms with Gasteiger partial charge in [-0.05, 0) is 35.4 Å². The van der Waals surface area contributed by atoms with Crippen LogP contribution in [0.1, 0.15) is 33.4 Å². The summed E-state index contributed by atoms with van der Waals surface area (Å²) in [6, 6.07) is 18.1. The van der Waals surface area contributed by atoms with Crippen LogP contribution in [-0.4, -0.2) is 76.5 Å². The van der Waals surface area contributed by atoms with Crippen molar-refractivity contribution in [1.82, 2.24) is 15.2 Å². The number of amides is 1. The van der Waals surface area contributed by atoms with Crippen LogP contribution in [0, 0.1) is 11.7 Å². The number of halogens is 7. The van der Waals surface area contributed by atoms with Crippen molar-refractivity contribution in [2.75, 3.05) is 26.2 Å². The summed E-state index contributed by atoms with van der Waals surface area (Å²) in [5.74, 6) is -4.63. The van der Waals surface area contributed by atoms with Crippen molar-refractivity contribution in [2.45, 2.75) is 24.3 Å². The molecule has 1 saturated heterocycles. The Bertz CT molecular complexity index is 1450. The van der Waals surface area contributed by atoms with Gasteiger partial charge < -0.3 is 20.3 Å². The Balaban J connectivity index is 0.000000331. The topological polar surface area (TPSA) is 129 Å². The molecule has 9 nitrogen and oxygen atoms in total. The number of aliphatic carboxylic acids is 2. The van der Waals surface area contributed by atoms with Gasteiger partial charge in [-0.25, -0.2) is 14.0 Å². The highest BCUT2D eigenvalue weighted by Crippen LogP contribution is 2.49. The molecule has 0 saturated carbocycles. The van der Waals surface area contributed by atoms with Crippen LogP contribution in [0.2, 0.25) is 0 Å². The maximum absolute atomic E-state index is 13.3. The smallest absolute Gasteiger partial charge is 0.490 e. The van der Waals surface area contributed by atoms with Gasteiger partial charge in [0.2, 0.25) is 0 Å². The van der Waals surface area contributed by atoms with E-state index in [4.69, 9.17) is 24.5 Å². The zero-order valence-electron chi connectivity index (χ0n) is 23.1. The molecule has 3 aromatic rings. The predicted molar refractivity (Wildman–Crippen MR) is 143 cm³/mol. The molecule has 242 valence electrons. The molecule has 16 heteroatoms. The molecule has 1 aliphatic heterocycles. The van der Waals surface area contributed by atoms with Gasteiger partial charge in [0.25, 0.3) is 5.91 Å². The molecule has 1 amide bonds. The highest BCUT2D eigenvalue weighted by Gasteiger charge is 2.46. The van der Waals surface area contributed by atoms with E-state index >= 15 is 0 Å². The molecule has 2 aliphatic rings. The third-order valence-electron chi connectivity index (χ3n) is 6.79. The molecule has 0 spiro atoms. The summed E-state index contributed by atoms with van der Waals surface area (Å²) in [6.07, 6.45) is -6.90. The van der Waals surface area contributed by atoms with Gasteiger partial charge in [0.15, 0.2) is 0 Å². The number of carbonyl (C=O) groups excluding carboxylic acids is 1. The van der Waals surface area contributed by atoms with Crippen molar-refractivity contribution >= 4 is 17.8 Å². The van der Waals surface area contributed by atoms with E-state index in [-0.39, 0.29) is 17.8 Å². The standard InChI is InChI=1S/C25H24FN3O2.2C2HF3O2/c26-18-4-3-5-19(14-18)31-13-12-29-15-22-20-6-1-2-7-21(20)24(23(22)16-29)28-25(30)17-8-10-27-11-9-17;2*3-2(4,5)1(6)7/h1-11,14,22-24H,12-13,15-16H2,(H,28,30);2*(H,6,7)/t22-,23-,24+;;/m0../s1. The molecule has 0 radical (unpaired) electrons. The molecule has 45 heavy (non-hydrogen) atoms. The van der Waals surface area contributed by atoms with Crippen molar-refractivity contribution in [2.24, 2.45) is 5.92 Å². The van der Waals surface area contributed by atoms with Gasteiger partial charge in [-0.2, -0.15) is 26.3 Å². The lowest BCUT2D eigenvalue weighted by atomic mass is 9.94. The molecule has 1 aromatic heterocycles. The van der Waals surface area contributed by atoms with Crippen molar-refractivity contribution in [1.29, 1.82) is 0 Å². The fraction of sp³-hybridized carbons (Fsp3) is 0.310. The number of carboxylic acids is 2. The van der Waals surface area contributed by atoms with E-state index in [0.29, 0.717) is 29.8 Å². The second-order valence-electron chi connectivity index (χ2n) is 9.76. The number of nitrogens with one attached hydrogen (secondary N) is 1. The van der Waals surface area contributed by atoms with Gasteiger partial charge >= 0.3 is 24.3 Å². The summed E-state index contributed by atoms with van der Waals surface area (Å²) >= 11 is 0. The average Bonchev–Trinajstić information content (AvgIpc) is 3.51. The lowest BCUT2D eigenvalue weighted by Crippen LogP contribution is -2.34. The highest BCUT2D eigenvalue weighted by molar-refractivity contribution is 5.94. The number of rotatable bonds is 6. The van der Waals surface area contributed by atoms with E-state index in [1.54, 1.807) is 36.7 Å². The van der Waals surface area contributed by atoms with E-state index in [1.165, 1.54) is 23.3 Å². The normalized spacial score (nSPS) is 18.7. The number of pyridine rings is 1. The average molecular weight is 646 g/mol. The van der Waals surface area contributed by atoms with Crippen molar-refractivity contribution < 1.29 is 60.1 Å². The van der Waals surface area contributed by atoms with E-state index in [1.807, 2.05) is 6.07 Å². The monoisotopic (exact) mass is 645 g/mol. The van der Waals surface area contributed by atoms with Crippen LogP contribution >= 0.6 is 0 Å². The van der Waals surface area contributed by atoms with Crippen LogP contribution in [0.3, 0.4) is 0 Å². The Morgan fingerprint density at radius 3 is 2.00 bits per heavy atom. The van der Waals surface area contributed by atoms with Crippen LogP contribution in [0.4, 0.5) is 30.7 Å². The summed E-state index contributed by atoms with van der Waals surface area (Å²) in [7, 11) is 0. The fourth-order valence-corrected chi connectivity index (χ4v) is 4.89. The van der Waals surface area contributed by atoms with Gasteiger partial charge in [0, 0.05) is 55.5 Å². The number of nitrogens with zero attached hydrogens (tertiary/aromatic N) is 2. The second-order valence-corrected chi connectivity index (χ2v) is 9.76. The molecule has 1 fully saturated rings. The third kappa shape index (κ3) is 9.89. The Kier molecular flexibility index (Phi) is 11.5. The van der Waals surface area contributed by atoms with E-state index in [2.05, 4.69) is 33.4 Å². The van der Waals surface area contributed by atoms with Gasteiger partial charge in [-0.3, -0.25) is 14.7 Å². The van der Waals surface area contributed by atoms with Crippen LogP contribution in [0.5, 0.6) is 5.75 Å². The van der Waals surface area contributed by atoms with E-state index in [9.17, 15) is 35.5 Å². The summed E-state index contributed by atoms with van der Waals surface area (Å²) in [4.78, 5) is 37.0. The van der Waals surface area contributed by atoms with Crippen molar-refractivity contribution in [3.05, 3.63) is 95.6 Å². The minimum atomic E-state index is -5.08. The Morgan fingerprint density at radius 1 is 0.867 bits per heavy atom. The summed E-state index contributed by atoms with van der Waals surface area (Å²) in [5.41, 5.74) is 3.16. The zero-order valence-corrected chi connectivity index (χ0v) is 23.1. The summed E-state index contributed by atoms with van der Waals surface area (Å²) < 4.78 is 82.5. The van der Waals surface area contributed by atoms with Crippen LogP contribution < -0.4 is 10.1 Å². The first-order valence-electron chi connectivity index (χ1n) is 13.1. The number of fused-ring (bicyclic) bond motifs is 3. The lowest BCUT2D eigenvalue weighted by Gasteiger charge is -2.23. The van der Waals surface area contributed by atoms with E-state index in [0.717, 1.165) is 19.6 Å². The molecular weight excluding hydrogens is 619 g/mol. The van der Waals surface area contributed by atoms with Crippen LogP contribution in [0.15, 0.2) is 73.1 Å². The minimum Gasteiger partial charge on any atom is -0.492 e. The molecule has 1 aliphatic carbocycles. The number of carboxylic acid groups (broad SMARTS) is 2. The molecule has 3 atom stereocenters. The van der Waals surface area contributed by atoms with Gasteiger partial charge in [-0.1, -0.05) is 30.3 Å². The number of benzene rings is 2. The van der Waals surface area contributed by atoms with Gasteiger partial charge in [0.05, 0.1) is 6.04 Å². The fourth-order valence-electron chi connectivity index (χ4n) is 4.89. The Morgan fingerprint density at radius 2 is 1.44 bits per heavy atom. The van der Waals surface area contributed by atoms with Crippen molar-refractivity contribution in [3.63, 3.8) is 0 Å². The van der Waals surface area contributed by atoms with Crippen molar-refractivity contribution in [3.8, 4) is 5.75 Å². The maximum atomic E-state index is 13.3. The Hall–Kier alpha value is -4.73. The number of hydrogen-bond donors (Lipinski definition) is 3. The van der Waals surface area contributed by atoms with E-state index < -0.39 is 24.3 Å². The summed E-state index contributed by atoms with van der Waals surface area (Å²) in [6.45, 7) is 3.07. The predicted octanol–water partition coefficient (Wildman–Crippen LogP) is 5.07. The zero-order chi connectivity index (χ0) is 33.4. The number of ether oxygens (including phenoxy) is 1. The number of alkyl halides is 6. The number of likely N-dealkylation sites (tertiary alicyclic amines) is 1. The largest absolute Gasteiger partial charge is 0.492 e.